The lowest BCUT2D eigenvalue weighted by Crippen LogP contribution is -2.05. The van der Waals surface area contributed by atoms with Gasteiger partial charge in [-0.3, -0.25) is 10.1 Å². The highest BCUT2D eigenvalue weighted by Crippen LogP contribution is 2.47. The molecule has 0 aliphatic carbocycles. The average molecular weight is 362 g/mol. The Bertz CT molecular complexity index is 793. The van der Waals surface area contributed by atoms with E-state index in [1.807, 2.05) is 0 Å². The first-order valence-corrected chi connectivity index (χ1v) is 7.04. The predicted octanol–water partition coefficient (Wildman–Crippen LogP) is 5.04. The monoisotopic (exact) mass is 361 g/mol. The number of aromatic hydroxyl groups is 1. The molecule has 0 bridgehead atoms. The highest BCUT2D eigenvalue weighted by atomic mass is 35.5. The van der Waals surface area contributed by atoms with Crippen molar-refractivity contribution in [1.82, 2.24) is 0 Å². The van der Waals surface area contributed by atoms with Crippen LogP contribution in [0.5, 0.6) is 11.5 Å². The minimum Gasteiger partial charge on any atom is -0.507 e. The molecule has 0 aliphatic heterocycles. The summed E-state index contributed by atoms with van der Waals surface area (Å²) in [5, 5.41) is 20.9. The number of nitrogens with zero attached hydrogens (tertiary/aromatic N) is 1. The van der Waals surface area contributed by atoms with Gasteiger partial charge in [0.25, 0.3) is 0 Å². The van der Waals surface area contributed by atoms with Gasteiger partial charge in [0.05, 0.1) is 22.7 Å². The first-order chi connectivity index (χ1) is 11.2. The van der Waals surface area contributed by atoms with Crippen molar-refractivity contribution in [3.05, 3.63) is 51.0 Å². The standard InChI is InChI=1S/C15H11ClF3NO4/c1-2-24-14-11(20(22)23)5-6-12(21)13(14)9-4-3-8(7-10(9)16)15(17,18)19/h3-7,21H,2H2,1H3. The molecular formula is C15H11ClF3NO4. The molecular weight excluding hydrogens is 351 g/mol. The SMILES string of the molecule is CCOc1c([N+](=O)[O-])ccc(O)c1-c1ccc(C(F)(F)F)cc1Cl. The van der Waals surface area contributed by atoms with Crippen molar-refractivity contribution in [2.45, 2.75) is 13.1 Å². The molecule has 0 aliphatic rings. The number of halogens is 4. The lowest BCUT2D eigenvalue weighted by molar-refractivity contribution is -0.385. The van der Waals surface area contributed by atoms with Crippen molar-refractivity contribution in [2.24, 2.45) is 0 Å². The summed E-state index contributed by atoms with van der Waals surface area (Å²) in [6, 6.07) is 4.60. The lowest BCUT2D eigenvalue weighted by Gasteiger charge is -2.15. The number of nitro groups is 1. The van der Waals surface area contributed by atoms with Gasteiger partial charge in [-0.2, -0.15) is 13.2 Å². The number of rotatable bonds is 4. The Morgan fingerprint density at radius 2 is 1.96 bits per heavy atom. The van der Waals surface area contributed by atoms with E-state index in [0.717, 1.165) is 24.3 Å². The Morgan fingerprint density at radius 1 is 1.29 bits per heavy atom. The molecule has 0 saturated heterocycles. The number of nitro benzene ring substituents is 1. The van der Waals surface area contributed by atoms with Crippen molar-refractivity contribution in [3.63, 3.8) is 0 Å². The molecule has 2 rings (SSSR count). The highest BCUT2D eigenvalue weighted by molar-refractivity contribution is 6.33. The van der Waals surface area contributed by atoms with Gasteiger partial charge < -0.3 is 9.84 Å². The summed E-state index contributed by atoms with van der Waals surface area (Å²) in [6.07, 6.45) is -4.59. The van der Waals surface area contributed by atoms with E-state index in [2.05, 4.69) is 0 Å². The minimum atomic E-state index is -4.59. The molecule has 0 unspecified atom stereocenters. The number of phenolic OH excluding ortho intramolecular Hbond substituents is 1. The van der Waals surface area contributed by atoms with Crippen LogP contribution in [0, 0.1) is 10.1 Å². The lowest BCUT2D eigenvalue weighted by atomic mass is 10.0. The molecule has 0 amide bonds. The molecule has 2 aromatic carbocycles. The third kappa shape index (κ3) is 3.38. The molecule has 24 heavy (non-hydrogen) atoms. The van der Waals surface area contributed by atoms with Crippen LogP contribution in [0.1, 0.15) is 12.5 Å². The molecule has 128 valence electrons. The van der Waals surface area contributed by atoms with E-state index in [1.165, 1.54) is 0 Å². The number of phenols is 1. The zero-order valence-corrected chi connectivity index (χ0v) is 13.0. The van der Waals surface area contributed by atoms with E-state index in [1.54, 1.807) is 6.92 Å². The van der Waals surface area contributed by atoms with E-state index >= 15 is 0 Å². The first-order valence-electron chi connectivity index (χ1n) is 6.67. The molecule has 0 heterocycles. The Hall–Kier alpha value is -2.48. The van der Waals surface area contributed by atoms with Crippen LogP contribution in [0.25, 0.3) is 11.1 Å². The summed E-state index contributed by atoms with van der Waals surface area (Å²) < 4.78 is 43.4. The van der Waals surface area contributed by atoms with Crippen LogP contribution >= 0.6 is 11.6 Å². The molecule has 0 atom stereocenters. The average Bonchev–Trinajstić information content (AvgIpc) is 2.47. The van der Waals surface area contributed by atoms with Crippen LogP contribution in [-0.4, -0.2) is 16.6 Å². The Morgan fingerprint density at radius 3 is 2.46 bits per heavy atom. The van der Waals surface area contributed by atoms with Gasteiger partial charge in [-0.1, -0.05) is 17.7 Å². The van der Waals surface area contributed by atoms with E-state index in [-0.39, 0.29) is 28.5 Å². The van der Waals surface area contributed by atoms with Gasteiger partial charge in [-0.15, -0.1) is 0 Å². The smallest absolute Gasteiger partial charge is 0.416 e. The summed E-state index contributed by atoms with van der Waals surface area (Å²) in [5.41, 5.74) is -1.54. The number of hydrogen-bond donors (Lipinski definition) is 1. The van der Waals surface area contributed by atoms with Crippen LogP contribution < -0.4 is 4.74 Å². The van der Waals surface area contributed by atoms with Gasteiger partial charge in [-0.25, -0.2) is 0 Å². The van der Waals surface area contributed by atoms with Gasteiger partial charge in [0.2, 0.25) is 5.75 Å². The van der Waals surface area contributed by atoms with Crippen LogP contribution in [0.4, 0.5) is 18.9 Å². The first kappa shape index (κ1) is 17.9. The maximum atomic E-state index is 12.7. The van der Waals surface area contributed by atoms with Crippen LogP contribution in [0.15, 0.2) is 30.3 Å². The zero-order valence-electron chi connectivity index (χ0n) is 12.2. The highest BCUT2D eigenvalue weighted by Gasteiger charge is 2.32. The van der Waals surface area contributed by atoms with Crippen molar-refractivity contribution in [3.8, 4) is 22.6 Å². The van der Waals surface area contributed by atoms with Crippen LogP contribution in [0.3, 0.4) is 0 Å². The van der Waals surface area contributed by atoms with Crippen LogP contribution in [-0.2, 0) is 6.18 Å². The molecule has 0 fully saturated rings. The Kier molecular flexibility index (Phi) is 4.88. The normalized spacial score (nSPS) is 11.4. The molecule has 5 nitrogen and oxygen atoms in total. The second-order valence-corrected chi connectivity index (χ2v) is 5.10. The summed E-state index contributed by atoms with van der Waals surface area (Å²) in [7, 11) is 0. The van der Waals surface area contributed by atoms with E-state index in [0.29, 0.717) is 6.07 Å². The Labute approximate surface area is 139 Å². The second kappa shape index (κ2) is 6.56. The van der Waals surface area contributed by atoms with Gasteiger partial charge in [0.15, 0.2) is 0 Å². The van der Waals surface area contributed by atoms with Gasteiger partial charge in [0, 0.05) is 16.7 Å². The van der Waals surface area contributed by atoms with Gasteiger partial charge in [-0.05, 0) is 25.1 Å². The van der Waals surface area contributed by atoms with Crippen LogP contribution in [0.2, 0.25) is 5.02 Å². The second-order valence-electron chi connectivity index (χ2n) is 4.69. The molecule has 1 N–H and O–H groups in total. The number of ether oxygens (including phenoxy) is 1. The quantitative estimate of drug-likeness (QED) is 0.611. The zero-order chi connectivity index (χ0) is 18.1. The Balaban J connectivity index is 2.72. The number of alkyl halides is 3. The number of hydrogen-bond acceptors (Lipinski definition) is 4. The third-order valence-corrected chi connectivity index (χ3v) is 3.48. The summed E-state index contributed by atoms with van der Waals surface area (Å²) >= 11 is 5.91. The molecule has 0 spiro atoms. The summed E-state index contributed by atoms with van der Waals surface area (Å²) in [4.78, 5) is 10.4. The van der Waals surface area contributed by atoms with E-state index in [4.69, 9.17) is 16.3 Å². The largest absolute Gasteiger partial charge is 0.507 e. The molecule has 0 radical (unpaired) electrons. The minimum absolute atomic E-state index is 0.00526. The van der Waals surface area contributed by atoms with Gasteiger partial charge >= 0.3 is 11.9 Å². The summed E-state index contributed by atoms with van der Waals surface area (Å²) in [6.45, 7) is 1.63. The topological polar surface area (TPSA) is 72.6 Å². The fourth-order valence-corrected chi connectivity index (χ4v) is 2.43. The molecule has 0 saturated carbocycles. The van der Waals surface area contributed by atoms with Crippen molar-refractivity contribution < 1.29 is 27.9 Å². The predicted molar refractivity (Wildman–Crippen MR) is 81.4 cm³/mol. The van der Waals surface area contributed by atoms with E-state index < -0.39 is 28.1 Å². The molecule has 0 aromatic heterocycles. The molecule has 9 heteroatoms. The van der Waals surface area contributed by atoms with E-state index in [9.17, 15) is 28.4 Å². The maximum absolute atomic E-state index is 12.7. The fraction of sp³-hybridized carbons (Fsp3) is 0.200. The van der Waals surface area contributed by atoms with Crippen molar-refractivity contribution >= 4 is 17.3 Å². The fourth-order valence-electron chi connectivity index (χ4n) is 2.15. The summed E-state index contributed by atoms with van der Waals surface area (Å²) in [5.74, 6) is -0.658. The number of benzene rings is 2. The van der Waals surface area contributed by atoms with Crippen molar-refractivity contribution in [2.75, 3.05) is 6.61 Å². The van der Waals surface area contributed by atoms with Crippen molar-refractivity contribution in [1.29, 1.82) is 0 Å². The maximum Gasteiger partial charge on any atom is 0.416 e. The third-order valence-electron chi connectivity index (χ3n) is 3.17. The molecule has 2 aromatic rings. The van der Waals surface area contributed by atoms with Gasteiger partial charge in [0.1, 0.15) is 5.75 Å².